The van der Waals surface area contributed by atoms with Gasteiger partial charge in [0.15, 0.2) is 24.4 Å². The molecule has 17 nitrogen and oxygen atoms in total. The first-order valence-electron chi connectivity index (χ1n) is 26.7. The fraction of sp³-hybridized carbons (Fsp3) is 0.593. The van der Waals surface area contributed by atoms with E-state index >= 15 is 0 Å². The molecule has 1 N–H and O–H groups in total. The summed E-state index contributed by atoms with van der Waals surface area (Å²) in [6, 6.07) is 11.4. The monoisotopic (exact) mass is 1060 g/mol. The minimum absolute atomic E-state index is 0.0862. The van der Waals surface area contributed by atoms with Crippen LogP contribution in [0, 0.1) is 37.5 Å². The zero-order chi connectivity index (χ0) is 56.9. The highest BCUT2D eigenvalue weighted by Crippen LogP contribution is 2.25. The normalized spacial score (nSPS) is 23.8. The Balaban J connectivity index is 1.86. The minimum atomic E-state index is -1.51. The lowest BCUT2D eigenvalue weighted by molar-refractivity contribution is -0.176. The van der Waals surface area contributed by atoms with E-state index in [-0.39, 0.29) is 62.2 Å². The van der Waals surface area contributed by atoms with Gasteiger partial charge in [-0.05, 0) is 111 Å². The van der Waals surface area contributed by atoms with E-state index in [9.17, 15) is 38.4 Å². The lowest BCUT2D eigenvalue weighted by atomic mass is 9.98. The van der Waals surface area contributed by atoms with Gasteiger partial charge in [-0.1, -0.05) is 110 Å². The third-order valence-electron chi connectivity index (χ3n) is 14.0. The average molecular weight is 1060 g/mol. The number of esters is 4. The van der Waals surface area contributed by atoms with Crippen molar-refractivity contribution in [3.8, 4) is 0 Å². The van der Waals surface area contributed by atoms with E-state index in [2.05, 4.69) is 4.98 Å². The minimum Gasteiger partial charge on any atom is -0.451 e. The van der Waals surface area contributed by atoms with E-state index in [0.717, 1.165) is 31.5 Å². The molecule has 1 saturated heterocycles. The van der Waals surface area contributed by atoms with E-state index in [4.69, 9.17) is 18.9 Å². The fourth-order valence-electron chi connectivity index (χ4n) is 9.48. The van der Waals surface area contributed by atoms with E-state index in [1.54, 1.807) is 30.3 Å². The number of hydrogen-bond donors (Lipinski definition) is 1. The van der Waals surface area contributed by atoms with Gasteiger partial charge in [0, 0.05) is 52.9 Å². The summed E-state index contributed by atoms with van der Waals surface area (Å²) in [5, 5.41) is 0. The van der Waals surface area contributed by atoms with Gasteiger partial charge in [0.2, 0.25) is 0 Å². The number of carbonyl (C=O) groups is 8. The van der Waals surface area contributed by atoms with Crippen molar-refractivity contribution in [1.29, 1.82) is 0 Å². The van der Waals surface area contributed by atoms with Gasteiger partial charge in [-0.3, -0.25) is 19.2 Å². The molecule has 418 valence electrons. The summed E-state index contributed by atoms with van der Waals surface area (Å²) in [6.07, 6.45) is -3.08. The quantitative estimate of drug-likeness (QED) is 0.126. The Morgan fingerprint density at radius 3 is 1.09 bits per heavy atom. The number of amides is 4. The molecule has 3 aromatic rings. The SMILES string of the molecule is Cc1c[nH]c(C)c1Cc1ccc(C[C@H]2OC(=O)[C@H](CC(C)C)N(C)C(=O)[C@@H](C)OC(=O)[C@H](CC(C)C)N(C)C(=O)[C@@H](Cc3ccccc3)OC(=O)[C@H](CC(C)C)N(C)C(=O)[C@@H](C)OC(=O)[C@H](CC(C)C)N(C)C2=O)cc1. The highest BCUT2D eigenvalue weighted by atomic mass is 16.6. The summed E-state index contributed by atoms with van der Waals surface area (Å²) in [4.78, 5) is 124. The molecule has 2 heterocycles. The maximum atomic E-state index is 15.0. The molecule has 1 fully saturated rings. The van der Waals surface area contributed by atoms with E-state index < -0.39 is 96.1 Å². The van der Waals surface area contributed by atoms with Crippen LogP contribution < -0.4 is 0 Å². The first kappa shape index (κ1) is 62.0. The second-order valence-electron chi connectivity index (χ2n) is 22.3. The standard InChI is InChI=1S/C59H85N5O12/c1-34(2)26-46-56(69)73-41(12)53(66)62(14)49(29-37(7)8)59(72)76-51(32-44-24-22-43(23-25-44)30-45-38(9)33-60-39(45)10)55(68)64(16)47(27-35(3)4)57(70)74-40(11)52(65)61(13)48(28-36(5)6)58(71)75-50(54(67)63(46)15)31-42-20-18-17-19-21-42/h17-25,33-37,40-41,46-51,60H,26-32H2,1-16H3/t40-,41-,46+,47+,48+,49+,50-,51-/m1/s1. The molecule has 0 aliphatic carbocycles. The summed E-state index contributed by atoms with van der Waals surface area (Å²) >= 11 is 0. The van der Waals surface area contributed by atoms with Crippen LogP contribution in [0.2, 0.25) is 0 Å². The molecule has 0 unspecified atom stereocenters. The number of nitrogens with one attached hydrogen (secondary N) is 1. The molecule has 2 aromatic carbocycles. The van der Waals surface area contributed by atoms with Crippen molar-refractivity contribution in [3.63, 3.8) is 0 Å². The number of likely N-dealkylation sites (N-methyl/N-ethyl adjacent to an activating group) is 4. The fourth-order valence-corrected chi connectivity index (χ4v) is 9.48. The highest BCUT2D eigenvalue weighted by molar-refractivity contribution is 5.94. The summed E-state index contributed by atoms with van der Waals surface area (Å²) < 4.78 is 24.1. The molecular formula is C59H85N5O12. The lowest BCUT2D eigenvalue weighted by Gasteiger charge is -2.35. The Morgan fingerprint density at radius 1 is 0.447 bits per heavy atom. The van der Waals surface area contributed by atoms with Crippen molar-refractivity contribution >= 4 is 47.5 Å². The molecule has 0 bridgehead atoms. The summed E-state index contributed by atoms with van der Waals surface area (Å²) in [5.41, 5.74) is 5.66. The number of benzene rings is 2. The van der Waals surface area contributed by atoms with Crippen molar-refractivity contribution in [1.82, 2.24) is 24.6 Å². The van der Waals surface area contributed by atoms with Gasteiger partial charge in [-0.2, -0.15) is 0 Å². The van der Waals surface area contributed by atoms with Gasteiger partial charge in [0.1, 0.15) is 24.2 Å². The highest BCUT2D eigenvalue weighted by Gasteiger charge is 2.43. The first-order chi connectivity index (χ1) is 35.6. The molecule has 1 aliphatic rings. The van der Waals surface area contributed by atoms with E-state index in [1.165, 1.54) is 52.5 Å². The molecule has 4 rings (SSSR count). The summed E-state index contributed by atoms with van der Waals surface area (Å²) in [7, 11) is 5.60. The van der Waals surface area contributed by atoms with Crippen molar-refractivity contribution in [2.24, 2.45) is 23.7 Å². The molecule has 0 saturated carbocycles. The van der Waals surface area contributed by atoms with Crippen molar-refractivity contribution in [2.45, 2.75) is 177 Å². The number of rotatable bonds is 14. The Bertz CT molecular complexity index is 2430. The van der Waals surface area contributed by atoms with Gasteiger partial charge in [0.05, 0.1) is 0 Å². The average Bonchev–Trinajstić information content (AvgIpc) is 3.68. The van der Waals surface area contributed by atoms with E-state index in [1.807, 2.05) is 99.7 Å². The maximum Gasteiger partial charge on any atom is 0.329 e. The van der Waals surface area contributed by atoms with Gasteiger partial charge in [-0.15, -0.1) is 0 Å². The third kappa shape index (κ3) is 17.0. The second-order valence-corrected chi connectivity index (χ2v) is 22.3. The Labute approximate surface area is 450 Å². The van der Waals surface area contributed by atoms with Crippen LogP contribution in [0.15, 0.2) is 60.8 Å². The zero-order valence-electron chi connectivity index (χ0n) is 47.8. The molecule has 8 atom stereocenters. The first-order valence-corrected chi connectivity index (χ1v) is 26.7. The summed E-state index contributed by atoms with van der Waals surface area (Å²) in [5.74, 6) is -7.21. The van der Waals surface area contributed by atoms with Gasteiger partial charge < -0.3 is 43.5 Å². The number of ether oxygens (including phenoxy) is 4. The maximum absolute atomic E-state index is 15.0. The number of cyclic esters (lactones) is 4. The van der Waals surface area contributed by atoms with Crippen molar-refractivity contribution < 1.29 is 57.3 Å². The molecule has 0 radical (unpaired) electrons. The predicted octanol–water partition coefficient (Wildman–Crippen LogP) is 7.20. The van der Waals surface area contributed by atoms with Crippen LogP contribution in [-0.4, -0.2) is 149 Å². The van der Waals surface area contributed by atoms with Gasteiger partial charge >= 0.3 is 23.9 Å². The molecule has 1 aliphatic heterocycles. The number of aromatic amines is 1. The Morgan fingerprint density at radius 2 is 0.763 bits per heavy atom. The van der Waals surface area contributed by atoms with Gasteiger partial charge in [-0.25, -0.2) is 19.2 Å². The number of carbonyl (C=O) groups excluding carboxylic acids is 8. The molecular weight excluding hydrogens is 971 g/mol. The molecule has 76 heavy (non-hydrogen) atoms. The van der Waals surface area contributed by atoms with Crippen LogP contribution in [0.1, 0.15) is 128 Å². The third-order valence-corrected chi connectivity index (χ3v) is 14.0. The predicted molar refractivity (Wildman–Crippen MR) is 288 cm³/mol. The topological polar surface area (TPSA) is 202 Å². The van der Waals surface area contributed by atoms with Crippen LogP contribution in [0.25, 0.3) is 0 Å². The zero-order valence-corrected chi connectivity index (χ0v) is 47.8. The molecule has 4 amide bonds. The van der Waals surface area contributed by atoms with Crippen molar-refractivity contribution in [2.75, 3.05) is 28.2 Å². The number of hydrogen-bond acceptors (Lipinski definition) is 12. The second kappa shape index (κ2) is 28.0. The number of aromatic nitrogens is 1. The molecule has 0 spiro atoms. The van der Waals surface area contributed by atoms with Gasteiger partial charge in [0.25, 0.3) is 23.6 Å². The number of aryl methyl sites for hydroxylation is 2. The lowest BCUT2D eigenvalue weighted by Crippen LogP contribution is -2.55. The van der Waals surface area contributed by atoms with Crippen LogP contribution in [0.3, 0.4) is 0 Å². The van der Waals surface area contributed by atoms with Crippen LogP contribution in [0.5, 0.6) is 0 Å². The smallest absolute Gasteiger partial charge is 0.329 e. The molecule has 1 aromatic heterocycles. The Hall–Kier alpha value is -6.52. The van der Waals surface area contributed by atoms with Crippen molar-refractivity contribution in [3.05, 3.63) is 94.3 Å². The molecule has 17 heteroatoms. The summed E-state index contributed by atoms with van der Waals surface area (Å²) in [6.45, 7) is 21.6. The largest absolute Gasteiger partial charge is 0.451 e. The number of nitrogens with zero attached hydrogens (tertiary/aromatic N) is 4. The van der Waals surface area contributed by atoms with E-state index in [0.29, 0.717) is 17.5 Å². The van der Waals surface area contributed by atoms with Crippen LogP contribution in [-0.2, 0) is 76.6 Å². The Kier molecular flexibility index (Phi) is 22.9. The van der Waals surface area contributed by atoms with Crippen LogP contribution in [0.4, 0.5) is 0 Å². The number of H-pyrrole nitrogens is 1. The van der Waals surface area contributed by atoms with Crippen LogP contribution >= 0.6 is 0 Å².